The molecule has 1 aromatic carbocycles. The predicted molar refractivity (Wildman–Crippen MR) is 75.5 cm³/mol. The van der Waals surface area contributed by atoms with Crippen molar-refractivity contribution >= 4 is 26.9 Å². The molecule has 0 saturated carbocycles. The zero-order valence-electron chi connectivity index (χ0n) is 10.4. The Morgan fingerprint density at radius 1 is 1.39 bits per heavy atom. The summed E-state index contributed by atoms with van der Waals surface area (Å²) in [7, 11) is 0. The molecule has 0 aliphatic heterocycles. The van der Waals surface area contributed by atoms with Crippen LogP contribution in [0, 0.1) is 6.92 Å². The van der Waals surface area contributed by atoms with E-state index < -0.39 is 0 Å². The zero-order valence-corrected chi connectivity index (χ0v) is 12.0. The monoisotopic (exact) mass is 310 g/mol. The highest BCUT2D eigenvalue weighted by atomic mass is 79.9. The van der Waals surface area contributed by atoms with Crippen molar-refractivity contribution in [2.24, 2.45) is 0 Å². The van der Waals surface area contributed by atoms with Crippen LogP contribution in [0.15, 0.2) is 33.5 Å². The van der Waals surface area contributed by atoms with Gasteiger partial charge in [-0.1, -0.05) is 13.3 Å². The Balaban J connectivity index is 2.35. The predicted octanol–water partition coefficient (Wildman–Crippen LogP) is 4.00. The molecule has 2 aromatic rings. The first-order chi connectivity index (χ1) is 8.60. The van der Waals surface area contributed by atoms with Gasteiger partial charge in [0.2, 0.25) is 0 Å². The molecule has 0 N–H and O–H groups in total. The van der Waals surface area contributed by atoms with E-state index in [1.165, 1.54) is 6.07 Å². The summed E-state index contributed by atoms with van der Waals surface area (Å²) in [4.78, 5) is 11.3. The van der Waals surface area contributed by atoms with Gasteiger partial charge >= 0.3 is 5.63 Å². The fourth-order valence-corrected chi connectivity index (χ4v) is 2.49. The molecule has 4 heteroatoms. The van der Waals surface area contributed by atoms with Crippen molar-refractivity contribution in [3.63, 3.8) is 0 Å². The minimum Gasteiger partial charge on any atom is -0.479 e. The van der Waals surface area contributed by atoms with Gasteiger partial charge in [-0.25, -0.2) is 4.79 Å². The number of ether oxygens (including phenoxy) is 1. The van der Waals surface area contributed by atoms with Crippen molar-refractivity contribution in [1.29, 1.82) is 0 Å². The molecule has 1 heterocycles. The highest BCUT2D eigenvalue weighted by Crippen LogP contribution is 2.24. The van der Waals surface area contributed by atoms with Gasteiger partial charge in [-0.15, -0.1) is 0 Å². The average molecular weight is 311 g/mol. The van der Waals surface area contributed by atoms with Gasteiger partial charge in [-0.3, -0.25) is 0 Å². The molecular formula is C14H15BrO3. The highest BCUT2D eigenvalue weighted by Gasteiger charge is 2.07. The molecule has 0 saturated heterocycles. The summed E-state index contributed by atoms with van der Waals surface area (Å²) in [5.74, 6) is 0.701. The molecule has 0 spiro atoms. The van der Waals surface area contributed by atoms with Crippen LogP contribution >= 0.6 is 15.9 Å². The zero-order chi connectivity index (χ0) is 13.1. The number of rotatable bonds is 4. The van der Waals surface area contributed by atoms with Crippen molar-refractivity contribution in [1.82, 2.24) is 0 Å². The van der Waals surface area contributed by atoms with Gasteiger partial charge in [-0.2, -0.15) is 0 Å². The molecule has 0 fully saturated rings. The molecule has 3 nitrogen and oxygen atoms in total. The summed E-state index contributed by atoms with van der Waals surface area (Å²) in [6, 6.07) is 7.05. The van der Waals surface area contributed by atoms with Crippen LogP contribution in [0.25, 0.3) is 11.0 Å². The number of alkyl halides is 1. The fraction of sp³-hybridized carbons (Fsp3) is 0.357. The first kappa shape index (κ1) is 13.1. The van der Waals surface area contributed by atoms with E-state index in [1.54, 1.807) is 6.07 Å². The molecule has 1 atom stereocenters. The van der Waals surface area contributed by atoms with Crippen molar-refractivity contribution in [3.8, 4) is 5.75 Å². The molecule has 0 aliphatic carbocycles. The van der Waals surface area contributed by atoms with Crippen LogP contribution < -0.4 is 10.4 Å². The third kappa shape index (κ3) is 2.93. The van der Waals surface area contributed by atoms with E-state index in [9.17, 15) is 4.79 Å². The van der Waals surface area contributed by atoms with Crippen molar-refractivity contribution < 1.29 is 9.15 Å². The second-order valence-corrected chi connectivity index (χ2v) is 5.24. The van der Waals surface area contributed by atoms with E-state index >= 15 is 0 Å². The molecule has 1 aromatic heterocycles. The van der Waals surface area contributed by atoms with Gasteiger partial charge < -0.3 is 9.15 Å². The van der Waals surface area contributed by atoms with Crippen molar-refractivity contribution in [3.05, 3.63) is 40.2 Å². The lowest BCUT2D eigenvalue weighted by molar-refractivity contribution is 0.282. The van der Waals surface area contributed by atoms with Gasteiger partial charge in [-0.05, 0) is 47.0 Å². The van der Waals surface area contributed by atoms with Crippen LogP contribution in [0.2, 0.25) is 0 Å². The minimum absolute atomic E-state index is 0.0171. The first-order valence-corrected chi connectivity index (χ1v) is 6.87. The van der Waals surface area contributed by atoms with E-state index in [0.29, 0.717) is 11.3 Å². The topological polar surface area (TPSA) is 39.4 Å². The average Bonchev–Trinajstić information content (AvgIpc) is 2.28. The Bertz CT molecular complexity index is 604. The Morgan fingerprint density at radius 2 is 2.17 bits per heavy atom. The third-order valence-electron chi connectivity index (χ3n) is 2.70. The highest BCUT2D eigenvalue weighted by molar-refractivity contribution is 9.09. The summed E-state index contributed by atoms with van der Waals surface area (Å²) in [5, 5.41) is 0.917. The Kier molecular flexibility index (Phi) is 4.07. The van der Waals surface area contributed by atoms with Crippen LogP contribution in [0.4, 0.5) is 0 Å². The van der Waals surface area contributed by atoms with Crippen LogP contribution in [-0.4, -0.2) is 5.01 Å². The molecule has 0 radical (unpaired) electrons. The SMILES string of the molecule is CCCC(Br)Oc1ccc2c(C)cc(=O)oc2c1. The molecule has 0 amide bonds. The van der Waals surface area contributed by atoms with Crippen LogP contribution in [-0.2, 0) is 0 Å². The van der Waals surface area contributed by atoms with Crippen molar-refractivity contribution in [2.45, 2.75) is 31.7 Å². The molecule has 0 aliphatic rings. The lowest BCUT2D eigenvalue weighted by Crippen LogP contribution is -2.07. The van der Waals surface area contributed by atoms with Crippen molar-refractivity contribution in [2.75, 3.05) is 0 Å². The van der Waals surface area contributed by atoms with E-state index in [1.807, 2.05) is 19.1 Å². The summed E-state index contributed by atoms with van der Waals surface area (Å²) >= 11 is 3.45. The van der Waals surface area contributed by atoms with Gasteiger partial charge in [0.1, 0.15) is 11.3 Å². The number of aryl methyl sites for hydroxylation is 1. The number of fused-ring (bicyclic) bond motifs is 1. The number of hydrogen-bond acceptors (Lipinski definition) is 3. The molecular weight excluding hydrogens is 296 g/mol. The number of benzene rings is 1. The maximum Gasteiger partial charge on any atom is 0.336 e. The van der Waals surface area contributed by atoms with E-state index in [0.717, 1.165) is 23.8 Å². The van der Waals surface area contributed by atoms with Gasteiger partial charge in [0.25, 0.3) is 0 Å². The minimum atomic E-state index is -0.332. The molecule has 18 heavy (non-hydrogen) atoms. The summed E-state index contributed by atoms with van der Waals surface area (Å²) in [6.45, 7) is 3.99. The fourth-order valence-electron chi connectivity index (χ4n) is 1.81. The summed E-state index contributed by atoms with van der Waals surface area (Å²) < 4.78 is 10.9. The first-order valence-electron chi connectivity index (χ1n) is 5.95. The lowest BCUT2D eigenvalue weighted by atomic mass is 10.1. The van der Waals surface area contributed by atoms with Gasteiger partial charge in [0, 0.05) is 17.5 Å². The summed E-state index contributed by atoms with van der Waals surface area (Å²) in [5.41, 5.74) is 1.14. The summed E-state index contributed by atoms with van der Waals surface area (Å²) in [6.07, 6.45) is 1.97. The maximum atomic E-state index is 11.3. The normalized spacial score (nSPS) is 12.6. The van der Waals surface area contributed by atoms with Gasteiger partial charge in [0.15, 0.2) is 5.01 Å². The molecule has 2 rings (SSSR count). The molecule has 0 bridgehead atoms. The van der Waals surface area contributed by atoms with Gasteiger partial charge in [0.05, 0.1) is 0 Å². The Morgan fingerprint density at radius 3 is 2.89 bits per heavy atom. The maximum absolute atomic E-state index is 11.3. The third-order valence-corrected chi connectivity index (χ3v) is 3.35. The molecule has 96 valence electrons. The quantitative estimate of drug-likeness (QED) is 0.633. The number of halogens is 1. The van der Waals surface area contributed by atoms with Crippen LogP contribution in [0.3, 0.4) is 0 Å². The largest absolute Gasteiger partial charge is 0.479 e. The number of hydrogen-bond donors (Lipinski definition) is 0. The standard InChI is InChI=1S/C14H15BrO3/c1-3-4-13(15)17-10-5-6-11-9(2)7-14(16)18-12(11)8-10/h5-8,13H,3-4H2,1-2H3. The van der Waals surface area contributed by atoms with Crippen LogP contribution in [0.5, 0.6) is 5.75 Å². The smallest absolute Gasteiger partial charge is 0.336 e. The lowest BCUT2D eigenvalue weighted by Gasteiger charge is -2.12. The second-order valence-electron chi connectivity index (χ2n) is 4.22. The Hall–Kier alpha value is -1.29. The van der Waals surface area contributed by atoms with E-state index in [2.05, 4.69) is 22.9 Å². The van der Waals surface area contributed by atoms with E-state index in [-0.39, 0.29) is 10.6 Å². The van der Waals surface area contributed by atoms with E-state index in [4.69, 9.17) is 9.15 Å². The Labute approximate surface area is 114 Å². The molecule has 1 unspecified atom stereocenters. The van der Waals surface area contributed by atoms with Crippen LogP contribution in [0.1, 0.15) is 25.3 Å². The second kappa shape index (κ2) is 5.57.